The maximum Gasteiger partial charge on any atom is 0.195 e. The summed E-state index contributed by atoms with van der Waals surface area (Å²) in [4.78, 5) is 20.7. The first-order valence-electron chi connectivity index (χ1n) is 11.2. The van der Waals surface area contributed by atoms with Gasteiger partial charge in [0.15, 0.2) is 17.0 Å². The fraction of sp³-hybridized carbons (Fsp3) is 0.360. The first kappa shape index (κ1) is 22.6. The number of nitrogens with zero attached hydrogens (tertiary/aromatic N) is 3. The van der Waals surface area contributed by atoms with Gasteiger partial charge in [0, 0.05) is 29.3 Å². The second-order valence-electron chi connectivity index (χ2n) is 7.99. The number of fused-ring (bicyclic) bond motifs is 3. The van der Waals surface area contributed by atoms with E-state index >= 15 is 0 Å². The number of benzene rings is 2. The Morgan fingerprint density at radius 3 is 2.59 bits per heavy atom. The molecule has 4 rings (SSSR count). The van der Waals surface area contributed by atoms with Crippen molar-refractivity contribution in [2.24, 2.45) is 5.73 Å². The van der Waals surface area contributed by atoms with E-state index in [9.17, 15) is 9.18 Å². The van der Waals surface area contributed by atoms with E-state index in [1.54, 1.807) is 23.5 Å². The molecule has 5 nitrogen and oxygen atoms in total. The molecule has 2 N–H and O–H groups in total. The maximum atomic E-state index is 13.2. The highest BCUT2D eigenvalue weighted by molar-refractivity contribution is 7.23. The zero-order valence-electron chi connectivity index (χ0n) is 18.6. The summed E-state index contributed by atoms with van der Waals surface area (Å²) in [5.74, 6) is 0.198. The fourth-order valence-electron chi connectivity index (χ4n) is 3.96. The molecule has 2 aromatic heterocycles. The van der Waals surface area contributed by atoms with Crippen molar-refractivity contribution in [2.75, 3.05) is 19.6 Å². The standard InChI is InChI=1S/C25H29FN4OS/c1-3-29(4-2)14-6-5-7-22(31)19-12-13-21-23(15-19)32-25-28-20(16-30(21)25)17-8-10-18(11-9-17)24(26)27/h8-13,15-16,24H,3-7,14,27H2,1-2H3. The van der Waals surface area contributed by atoms with Crippen molar-refractivity contribution in [2.45, 2.75) is 39.4 Å². The molecule has 0 aliphatic heterocycles. The SMILES string of the molecule is CCN(CC)CCCCC(=O)c1ccc2c(c1)sc1nc(-c3ccc(C(N)F)cc3)cn12. The van der Waals surface area contributed by atoms with E-state index in [1.165, 1.54) is 0 Å². The molecule has 0 fully saturated rings. The molecule has 0 aliphatic rings. The van der Waals surface area contributed by atoms with Crippen molar-refractivity contribution in [3.05, 3.63) is 59.8 Å². The topological polar surface area (TPSA) is 63.6 Å². The lowest BCUT2D eigenvalue weighted by atomic mass is 10.1. The Morgan fingerprint density at radius 1 is 1.16 bits per heavy atom. The van der Waals surface area contributed by atoms with Crippen LogP contribution in [0.2, 0.25) is 0 Å². The highest BCUT2D eigenvalue weighted by Crippen LogP contribution is 2.31. The Labute approximate surface area is 191 Å². The quantitative estimate of drug-likeness (QED) is 0.187. The Bertz CT molecular complexity index is 1210. The summed E-state index contributed by atoms with van der Waals surface area (Å²) in [5.41, 5.74) is 9.27. The first-order valence-corrected chi connectivity index (χ1v) is 12.0. The number of ketones is 1. The molecule has 4 aromatic rings. The van der Waals surface area contributed by atoms with E-state index in [0.717, 1.165) is 64.5 Å². The van der Waals surface area contributed by atoms with Gasteiger partial charge in [0.05, 0.1) is 15.9 Å². The number of halogens is 1. The lowest BCUT2D eigenvalue weighted by molar-refractivity contribution is 0.0978. The Balaban J connectivity index is 1.47. The molecule has 0 radical (unpaired) electrons. The summed E-state index contributed by atoms with van der Waals surface area (Å²) in [6.07, 6.45) is 3.04. The second kappa shape index (κ2) is 9.90. The van der Waals surface area contributed by atoms with Crippen molar-refractivity contribution >= 4 is 32.3 Å². The normalized spacial score (nSPS) is 12.8. The third kappa shape index (κ3) is 4.75. The van der Waals surface area contributed by atoms with Crippen LogP contribution in [0.5, 0.6) is 0 Å². The number of hydrogen-bond donors (Lipinski definition) is 1. The van der Waals surface area contributed by atoms with Gasteiger partial charge in [-0.2, -0.15) is 0 Å². The molecule has 1 atom stereocenters. The van der Waals surface area contributed by atoms with Crippen LogP contribution in [-0.2, 0) is 0 Å². The zero-order valence-corrected chi connectivity index (χ0v) is 19.4. The van der Waals surface area contributed by atoms with Crippen LogP contribution < -0.4 is 5.73 Å². The predicted octanol–water partition coefficient (Wildman–Crippen LogP) is 5.84. The first-order chi connectivity index (χ1) is 15.5. The summed E-state index contributed by atoms with van der Waals surface area (Å²) in [6, 6.07) is 12.9. The minimum absolute atomic E-state index is 0.198. The molecule has 0 bridgehead atoms. The van der Waals surface area contributed by atoms with Gasteiger partial charge in [-0.15, -0.1) is 0 Å². The van der Waals surface area contributed by atoms with Crippen LogP contribution in [0.4, 0.5) is 4.39 Å². The van der Waals surface area contributed by atoms with Crippen LogP contribution in [0.25, 0.3) is 26.4 Å². The molecule has 168 valence electrons. The number of rotatable bonds is 10. The number of hydrogen-bond acceptors (Lipinski definition) is 5. The average molecular weight is 453 g/mol. The summed E-state index contributed by atoms with van der Waals surface area (Å²) < 4.78 is 16.3. The molecule has 2 aromatic carbocycles. The summed E-state index contributed by atoms with van der Waals surface area (Å²) in [7, 11) is 0. The molecular weight excluding hydrogens is 423 g/mol. The van der Waals surface area contributed by atoms with Crippen LogP contribution in [0.15, 0.2) is 48.7 Å². The third-order valence-electron chi connectivity index (χ3n) is 5.96. The van der Waals surface area contributed by atoms with Gasteiger partial charge < -0.3 is 4.90 Å². The summed E-state index contributed by atoms with van der Waals surface area (Å²) in [5, 5.41) is 0. The minimum atomic E-state index is -1.47. The molecule has 32 heavy (non-hydrogen) atoms. The summed E-state index contributed by atoms with van der Waals surface area (Å²) in [6.45, 7) is 7.50. The Hall–Kier alpha value is -2.61. The van der Waals surface area contributed by atoms with Gasteiger partial charge in [-0.25, -0.2) is 9.37 Å². The van der Waals surface area contributed by atoms with Gasteiger partial charge >= 0.3 is 0 Å². The van der Waals surface area contributed by atoms with Crippen LogP contribution in [0.1, 0.15) is 55.3 Å². The smallest absolute Gasteiger partial charge is 0.195 e. The van der Waals surface area contributed by atoms with Gasteiger partial charge in [-0.1, -0.05) is 49.4 Å². The molecule has 1 unspecified atom stereocenters. The largest absolute Gasteiger partial charge is 0.304 e. The van der Waals surface area contributed by atoms with E-state index in [1.807, 2.05) is 40.9 Å². The molecule has 0 saturated heterocycles. The third-order valence-corrected chi connectivity index (χ3v) is 6.98. The molecular formula is C25H29FN4OS. The number of carbonyl (C=O) groups excluding carboxylic acids is 1. The molecule has 0 amide bonds. The van der Waals surface area contributed by atoms with E-state index in [2.05, 4.69) is 18.7 Å². The molecule has 0 saturated carbocycles. The van der Waals surface area contributed by atoms with E-state index < -0.39 is 6.30 Å². The van der Waals surface area contributed by atoms with Crippen LogP contribution in [0, 0.1) is 0 Å². The number of alkyl halides is 1. The molecule has 0 aliphatic carbocycles. The van der Waals surface area contributed by atoms with Crippen LogP contribution >= 0.6 is 11.3 Å². The van der Waals surface area contributed by atoms with E-state index in [4.69, 9.17) is 10.7 Å². The summed E-state index contributed by atoms with van der Waals surface area (Å²) >= 11 is 1.57. The number of carbonyl (C=O) groups is 1. The van der Waals surface area contributed by atoms with Gasteiger partial charge in [0.25, 0.3) is 0 Å². The predicted molar refractivity (Wildman–Crippen MR) is 130 cm³/mol. The van der Waals surface area contributed by atoms with E-state index in [0.29, 0.717) is 12.0 Å². The fourth-order valence-corrected chi connectivity index (χ4v) is 5.00. The molecule has 7 heteroatoms. The number of thiazole rings is 1. The average Bonchev–Trinajstić information content (AvgIpc) is 3.36. The van der Waals surface area contributed by atoms with Crippen molar-refractivity contribution in [1.82, 2.24) is 14.3 Å². The van der Waals surface area contributed by atoms with Gasteiger partial charge in [0.2, 0.25) is 0 Å². The van der Waals surface area contributed by atoms with Crippen molar-refractivity contribution in [1.29, 1.82) is 0 Å². The van der Waals surface area contributed by atoms with Crippen molar-refractivity contribution in [3.8, 4) is 11.3 Å². The van der Waals surface area contributed by atoms with Gasteiger partial charge in [-0.05, 0) is 50.7 Å². The van der Waals surface area contributed by atoms with Crippen LogP contribution in [0.3, 0.4) is 0 Å². The lowest BCUT2D eigenvalue weighted by Crippen LogP contribution is -2.24. The van der Waals surface area contributed by atoms with Gasteiger partial charge in [0.1, 0.15) is 0 Å². The number of imidazole rings is 1. The molecule has 0 spiro atoms. The number of unbranched alkanes of at least 4 members (excludes halogenated alkanes) is 1. The highest BCUT2D eigenvalue weighted by Gasteiger charge is 2.14. The monoisotopic (exact) mass is 452 g/mol. The maximum absolute atomic E-state index is 13.2. The lowest BCUT2D eigenvalue weighted by Gasteiger charge is -2.17. The van der Waals surface area contributed by atoms with Crippen LogP contribution in [-0.4, -0.2) is 39.7 Å². The van der Waals surface area contributed by atoms with Crippen molar-refractivity contribution in [3.63, 3.8) is 0 Å². The number of Topliss-reactive ketones (excluding diaryl/α,β-unsaturated/α-hetero) is 1. The van der Waals surface area contributed by atoms with Crippen molar-refractivity contribution < 1.29 is 9.18 Å². The molecule has 2 heterocycles. The Morgan fingerprint density at radius 2 is 1.91 bits per heavy atom. The van der Waals surface area contributed by atoms with Gasteiger partial charge in [-0.3, -0.25) is 14.9 Å². The Kier molecular flexibility index (Phi) is 6.98. The second-order valence-corrected chi connectivity index (χ2v) is 9.00. The van der Waals surface area contributed by atoms with E-state index in [-0.39, 0.29) is 5.78 Å². The minimum Gasteiger partial charge on any atom is -0.304 e. The zero-order chi connectivity index (χ0) is 22.7. The number of nitrogens with two attached hydrogens (primary N) is 1. The number of aromatic nitrogens is 2. The highest BCUT2D eigenvalue weighted by atomic mass is 32.1.